The fourth-order valence-electron chi connectivity index (χ4n) is 3.08. The van der Waals surface area contributed by atoms with Gasteiger partial charge >= 0.3 is 0 Å². The third-order valence-corrected chi connectivity index (χ3v) is 4.44. The number of hydrogen-bond acceptors (Lipinski definition) is 2. The molecule has 17 heavy (non-hydrogen) atoms. The Kier molecular flexibility index (Phi) is 2.83. The van der Waals surface area contributed by atoms with Crippen LogP contribution in [0.15, 0.2) is 24.3 Å². The molecule has 0 spiro atoms. The Morgan fingerprint density at radius 1 is 1.18 bits per heavy atom. The minimum absolute atomic E-state index is 0.159. The quantitative estimate of drug-likeness (QED) is 0.865. The standard InChI is InChI=1S/C15H22N2/c16-15(8-4-9-15)10-12-17-11-3-6-13-5-1-2-7-14(13)17/h1-2,5,7H,3-4,6,8-12,16H2. The summed E-state index contributed by atoms with van der Waals surface area (Å²) in [5.74, 6) is 0. The number of anilines is 1. The molecule has 0 aromatic heterocycles. The van der Waals surface area contributed by atoms with Crippen molar-refractivity contribution < 1.29 is 0 Å². The summed E-state index contributed by atoms with van der Waals surface area (Å²) in [5, 5.41) is 0. The van der Waals surface area contributed by atoms with Gasteiger partial charge in [-0.05, 0) is 50.2 Å². The van der Waals surface area contributed by atoms with Crippen molar-refractivity contribution in [3.63, 3.8) is 0 Å². The highest BCUT2D eigenvalue weighted by Crippen LogP contribution is 2.34. The van der Waals surface area contributed by atoms with Crippen LogP contribution >= 0.6 is 0 Å². The van der Waals surface area contributed by atoms with E-state index in [0.29, 0.717) is 0 Å². The molecule has 3 rings (SSSR count). The molecule has 0 bridgehead atoms. The molecule has 2 heteroatoms. The van der Waals surface area contributed by atoms with Gasteiger partial charge in [-0.15, -0.1) is 0 Å². The molecule has 1 aliphatic heterocycles. The lowest BCUT2D eigenvalue weighted by molar-refractivity contribution is 0.233. The van der Waals surface area contributed by atoms with E-state index in [-0.39, 0.29) is 5.54 Å². The van der Waals surface area contributed by atoms with E-state index < -0.39 is 0 Å². The van der Waals surface area contributed by atoms with Crippen molar-refractivity contribution in [1.29, 1.82) is 0 Å². The Bertz CT molecular complexity index is 396. The second kappa shape index (κ2) is 4.34. The minimum Gasteiger partial charge on any atom is -0.371 e. The molecule has 1 aromatic rings. The maximum absolute atomic E-state index is 6.31. The number of rotatable bonds is 3. The van der Waals surface area contributed by atoms with Crippen LogP contribution in [0.5, 0.6) is 0 Å². The average molecular weight is 230 g/mol. The number of aryl methyl sites for hydroxylation is 1. The second-order valence-corrected chi connectivity index (χ2v) is 5.69. The predicted octanol–water partition coefficient (Wildman–Crippen LogP) is 2.71. The van der Waals surface area contributed by atoms with Gasteiger partial charge in [0.2, 0.25) is 0 Å². The molecule has 1 aromatic carbocycles. The van der Waals surface area contributed by atoms with Crippen LogP contribution < -0.4 is 10.6 Å². The van der Waals surface area contributed by atoms with Gasteiger partial charge in [-0.1, -0.05) is 18.2 Å². The first-order valence-corrected chi connectivity index (χ1v) is 6.89. The molecule has 92 valence electrons. The van der Waals surface area contributed by atoms with E-state index >= 15 is 0 Å². The van der Waals surface area contributed by atoms with Gasteiger partial charge in [-0.25, -0.2) is 0 Å². The first-order chi connectivity index (χ1) is 8.27. The summed E-state index contributed by atoms with van der Waals surface area (Å²) in [7, 11) is 0. The molecule has 0 unspecified atom stereocenters. The van der Waals surface area contributed by atoms with Gasteiger partial charge in [-0.2, -0.15) is 0 Å². The van der Waals surface area contributed by atoms with Crippen molar-refractivity contribution in [3.8, 4) is 0 Å². The number of hydrogen-bond donors (Lipinski definition) is 1. The molecule has 0 radical (unpaired) electrons. The average Bonchev–Trinajstić information content (AvgIpc) is 2.34. The molecule has 0 amide bonds. The highest BCUT2D eigenvalue weighted by atomic mass is 15.1. The summed E-state index contributed by atoms with van der Waals surface area (Å²) in [4.78, 5) is 2.53. The first kappa shape index (κ1) is 11.1. The summed E-state index contributed by atoms with van der Waals surface area (Å²) in [6.45, 7) is 2.33. The summed E-state index contributed by atoms with van der Waals surface area (Å²) in [6.07, 6.45) is 7.45. The zero-order chi connectivity index (χ0) is 11.7. The molecule has 2 aliphatic rings. The normalized spacial score (nSPS) is 21.8. The van der Waals surface area contributed by atoms with E-state index in [1.165, 1.54) is 49.9 Å². The molecule has 0 atom stereocenters. The van der Waals surface area contributed by atoms with Crippen LogP contribution in [0.1, 0.15) is 37.7 Å². The van der Waals surface area contributed by atoms with Gasteiger partial charge in [-0.3, -0.25) is 0 Å². The summed E-state index contributed by atoms with van der Waals surface area (Å²) in [6, 6.07) is 8.83. The van der Waals surface area contributed by atoms with Gasteiger partial charge in [0.15, 0.2) is 0 Å². The van der Waals surface area contributed by atoms with Crippen molar-refractivity contribution in [1.82, 2.24) is 0 Å². The van der Waals surface area contributed by atoms with Gasteiger partial charge in [0, 0.05) is 24.3 Å². The van der Waals surface area contributed by atoms with E-state index in [2.05, 4.69) is 29.2 Å². The topological polar surface area (TPSA) is 29.3 Å². The molecular weight excluding hydrogens is 208 g/mol. The monoisotopic (exact) mass is 230 g/mol. The van der Waals surface area contributed by atoms with Crippen LogP contribution in [0.3, 0.4) is 0 Å². The third kappa shape index (κ3) is 2.19. The van der Waals surface area contributed by atoms with Crippen molar-refractivity contribution in [2.24, 2.45) is 5.73 Å². The van der Waals surface area contributed by atoms with E-state index in [4.69, 9.17) is 5.73 Å². The largest absolute Gasteiger partial charge is 0.371 e. The van der Waals surface area contributed by atoms with Crippen molar-refractivity contribution in [3.05, 3.63) is 29.8 Å². The number of nitrogens with zero attached hydrogens (tertiary/aromatic N) is 1. The maximum Gasteiger partial charge on any atom is 0.0398 e. The Morgan fingerprint density at radius 2 is 2.00 bits per heavy atom. The summed E-state index contributed by atoms with van der Waals surface area (Å²) >= 11 is 0. The maximum atomic E-state index is 6.31. The number of nitrogens with two attached hydrogens (primary N) is 1. The first-order valence-electron chi connectivity index (χ1n) is 6.89. The van der Waals surface area contributed by atoms with E-state index in [1.54, 1.807) is 0 Å². The summed E-state index contributed by atoms with van der Waals surface area (Å²) in [5.41, 5.74) is 9.43. The lowest BCUT2D eigenvalue weighted by atomic mass is 9.75. The molecule has 2 N–H and O–H groups in total. The van der Waals surface area contributed by atoms with Crippen molar-refractivity contribution >= 4 is 5.69 Å². The Morgan fingerprint density at radius 3 is 2.76 bits per heavy atom. The lowest BCUT2D eigenvalue weighted by Crippen LogP contribution is -2.49. The SMILES string of the molecule is NC1(CCN2CCCc3ccccc32)CCC1. The second-order valence-electron chi connectivity index (χ2n) is 5.69. The molecule has 1 saturated carbocycles. The van der Waals surface area contributed by atoms with Gasteiger partial charge < -0.3 is 10.6 Å². The van der Waals surface area contributed by atoms with Crippen LogP contribution in [-0.4, -0.2) is 18.6 Å². The number of para-hydroxylation sites is 1. The fourth-order valence-corrected chi connectivity index (χ4v) is 3.08. The molecular formula is C15H22N2. The smallest absolute Gasteiger partial charge is 0.0398 e. The Hall–Kier alpha value is -1.02. The van der Waals surface area contributed by atoms with Crippen LogP contribution in [0, 0.1) is 0 Å². The minimum atomic E-state index is 0.159. The third-order valence-electron chi connectivity index (χ3n) is 4.44. The zero-order valence-electron chi connectivity index (χ0n) is 10.5. The summed E-state index contributed by atoms with van der Waals surface area (Å²) < 4.78 is 0. The van der Waals surface area contributed by atoms with Crippen LogP contribution in [0.2, 0.25) is 0 Å². The molecule has 1 aliphatic carbocycles. The zero-order valence-corrected chi connectivity index (χ0v) is 10.5. The van der Waals surface area contributed by atoms with Crippen molar-refractivity contribution in [2.45, 2.75) is 44.1 Å². The lowest BCUT2D eigenvalue weighted by Gasteiger charge is -2.41. The van der Waals surface area contributed by atoms with E-state index in [1.807, 2.05) is 0 Å². The van der Waals surface area contributed by atoms with Gasteiger partial charge in [0.05, 0.1) is 0 Å². The Balaban J connectivity index is 1.68. The molecule has 1 heterocycles. The molecule has 1 fully saturated rings. The Labute approximate surface area is 104 Å². The number of benzene rings is 1. The highest BCUT2D eigenvalue weighted by molar-refractivity contribution is 5.55. The van der Waals surface area contributed by atoms with Crippen molar-refractivity contribution in [2.75, 3.05) is 18.0 Å². The van der Waals surface area contributed by atoms with E-state index in [9.17, 15) is 0 Å². The molecule has 2 nitrogen and oxygen atoms in total. The molecule has 0 saturated heterocycles. The van der Waals surface area contributed by atoms with E-state index in [0.717, 1.165) is 13.0 Å². The van der Waals surface area contributed by atoms with Gasteiger partial charge in [0.1, 0.15) is 0 Å². The van der Waals surface area contributed by atoms with Crippen LogP contribution in [0.4, 0.5) is 5.69 Å². The predicted molar refractivity (Wildman–Crippen MR) is 72.4 cm³/mol. The number of fused-ring (bicyclic) bond motifs is 1. The highest BCUT2D eigenvalue weighted by Gasteiger charge is 2.32. The van der Waals surface area contributed by atoms with Crippen LogP contribution in [0.25, 0.3) is 0 Å². The van der Waals surface area contributed by atoms with Gasteiger partial charge in [0.25, 0.3) is 0 Å². The fraction of sp³-hybridized carbons (Fsp3) is 0.600. The van der Waals surface area contributed by atoms with Crippen LogP contribution in [-0.2, 0) is 6.42 Å².